The maximum absolute atomic E-state index is 12.2. The molecule has 2 aromatic heterocycles. The topological polar surface area (TPSA) is 64.3 Å². The molecule has 0 fully saturated rings. The molecule has 1 atom stereocenters. The van der Waals surface area contributed by atoms with Crippen LogP contribution in [0.25, 0.3) is 10.9 Å². The van der Waals surface area contributed by atoms with Gasteiger partial charge in [-0.3, -0.25) is 4.98 Å². The highest BCUT2D eigenvalue weighted by molar-refractivity contribution is 5.89. The van der Waals surface area contributed by atoms with Crippen molar-refractivity contribution in [2.75, 3.05) is 6.61 Å². The summed E-state index contributed by atoms with van der Waals surface area (Å²) in [6, 6.07) is 23.2. The summed E-state index contributed by atoms with van der Waals surface area (Å²) in [6.07, 6.45) is 4.98. The number of aliphatic hydroxyl groups is 1. The van der Waals surface area contributed by atoms with Gasteiger partial charge in [-0.25, -0.2) is 4.79 Å². The van der Waals surface area contributed by atoms with Crippen LogP contribution in [0, 0.1) is 0 Å². The van der Waals surface area contributed by atoms with Crippen LogP contribution >= 0.6 is 0 Å². The van der Waals surface area contributed by atoms with Crippen molar-refractivity contribution >= 4 is 16.9 Å². The molecule has 2 heterocycles. The largest absolute Gasteiger partial charge is 0.459 e. The van der Waals surface area contributed by atoms with E-state index in [1.165, 1.54) is 0 Å². The van der Waals surface area contributed by atoms with Gasteiger partial charge in [0.05, 0.1) is 23.9 Å². The molecule has 1 unspecified atom stereocenters. The van der Waals surface area contributed by atoms with Crippen molar-refractivity contribution in [3.05, 3.63) is 102 Å². The lowest BCUT2D eigenvalue weighted by Gasteiger charge is -2.11. The van der Waals surface area contributed by atoms with Gasteiger partial charge >= 0.3 is 5.97 Å². The van der Waals surface area contributed by atoms with E-state index in [2.05, 4.69) is 48.0 Å². The monoisotopic (exact) mass is 442 g/mol. The van der Waals surface area contributed by atoms with E-state index >= 15 is 0 Å². The molecule has 4 rings (SSSR count). The number of esters is 1. The molecule has 33 heavy (non-hydrogen) atoms. The Kier molecular flexibility index (Phi) is 7.53. The summed E-state index contributed by atoms with van der Waals surface area (Å²) in [6.45, 7) is 2.81. The molecule has 0 spiro atoms. The van der Waals surface area contributed by atoms with Crippen LogP contribution in [-0.2, 0) is 24.1 Å². The Morgan fingerprint density at radius 3 is 2.58 bits per heavy atom. The molecule has 0 bridgehead atoms. The van der Waals surface area contributed by atoms with Crippen LogP contribution < -0.4 is 0 Å². The van der Waals surface area contributed by atoms with Gasteiger partial charge in [-0.2, -0.15) is 0 Å². The number of nitrogens with zero attached hydrogens (tertiary/aromatic N) is 2. The van der Waals surface area contributed by atoms with Crippen LogP contribution in [-0.4, -0.2) is 33.3 Å². The molecule has 0 aliphatic heterocycles. The Hall–Kier alpha value is -3.44. The van der Waals surface area contributed by atoms with E-state index in [1.807, 2.05) is 18.2 Å². The first-order valence-corrected chi connectivity index (χ1v) is 11.6. The minimum absolute atomic E-state index is 0.0474. The predicted octanol–water partition coefficient (Wildman–Crippen LogP) is 5.19. The molecule has 170 valence electrons. The average Bonchev–Trinajstić information content (AvgIpc) is 3.19. The van der Waals surface area contributed by atoms with E-state index in [0.29, 0.717) is 18.5 Å². The van der Waals surface area contributed by atoms with E-state index < -0.39 is 12.1 Å². The number of fused-ring (bicyclic) bond motifs is 1. The number of aliphatic hydroxyl groups excluding tert-OH is 1. The Labute approximate surface area is 194 Å². The van der Waals surface area contributed by atoms with E-state index in [9.17, 15) is 9.90 Å². The summed E-state index contributed by atoms with van der Waals surface area (Å²) >= 11 is 0. The summed E-state index contributed by atoms with van der Waals surface area (Å²) in [5.41, 5.74) is 4.75. The highest BCUT2D eigenvalue weighted by Gasteiger charge is 2.15. The molecule has 5 nitrogen and oxygen atoms in total. The number of unbranched alkanes of at least 4 members (excludes halogenated alkanes) is 1. The van der Waals surface area contributed by atoms with E-state index in [4.69, 9.17) is 9.72 Å². The molecule has 5 heteroatoms. The maximum Gasteiger partial charge on any atom is 0.338 e. The van der Waals surface area contributed by atoms with Gasteiger partial charge in [-0.05, 0) is 48.7 Å². The molecular weight excluding hydrogens is 412 g/mol. The zero-order valence-corrected chi connectivity index (χ0v) is 19.0. The minimum atomic E-state index is -0.785. The molecule has 0 radical (unpaired) electrons. The molecule has 1 N–H and O–H groups in total. The second kappa shape index (κ2) is 10.9. The Balaban J connectivity index is 1.46. The number of aryl methyl sites for hydroxylation is 1. The third-order valence-corrected chi connectivity index (χ3v) is 5.73. The highest BCUT2D eigenvalue weighted by Crippen LogP contribution is 2.24. The van der Waals surface area contributed by atoms with Gasteiger partial charge in [0.25, 0.3) is 0 Å². The number of hydrogen-bond donors (Lipinski definition) is 1. The van der Waals surface area contributed by atoms with Crippen LogP contribution in [0.3, 0.4) is 0 Å². The molecule has 0 aliphatic carbocycles. The number of aromatic nitrogens is 2. The van der Waals surface area contributed by atoms with E-state index in [0.717, 1.165) is 47.1 Å². The van der Waals surface area contributed by atoms with Crippen molar-refractivity contribution in [3.8, 4) is 0 Å². The van der Waals surface area contributed by atoms with Crippen molar-refractivity contribution in [3.63, 3.8) is 0 Å². The lowest BCUT2D eigenvalue weighted by Crippen LogP contribution is -2.20. The van der Waals surface area contributed by atoms with Crippen LogP contribution in [0.2, 0.25) is 0 Å². The average molecular weight is 443 g/mol. The number of hydrogen-bond acceptors (Lipinski definition) is 4. The van der Waals surface area contributed by atoms with Crippen LogP contribution in [0.4, 0.5) is 0 Å². The fourth-order valence-electron chi connectivity index (χ4n) is 4.05. The number of ether oxygens (including phenoxy) is 1. The summed E-state index contributed by atoms with van der Waals surface area (Å²) in [5, 5.41) is 11.7. The van der Waals surface area contributed by atoms with Crippen LogP contribution in [0.1, 0.15) is 47.1 Å². The van der Waals surface area contributed by atoms with E-state index in [1.54, 1.807) is 24.3 Å². The van der Waals surface area contributed by atoms with Crippen molar-refractivity contribution in [1.82, 2.24) is 9.55 Å². The third kappa shape index (κ3) is 5.88. The second-order valence-electron chi connectivity index (χ2n) is 8.35. The lowest BCUT2D eigenvalue weighted by molar-refractivity contribution is 0.0259. The van der Waals surface area contributed by atoms with Gasteiger partial charge in [-0.15, -0.1) is 0 Å². The van der Waals surface area contributed by atoms with Gasteiger partial charge < -0.3 is 14.4 Å². The minimum Gasteiger partial charge on any atom is -0.459 e. The number of benzene rings is 2. The van der Waals surface area contributed by atoms with Gasteiger partial charge in [0.15, 0.2) is 0 Å². The molecule has 0 saturated carbocycles. The lowest BCUT2D eigenvalue weighted by atomic mass is 10.1. The Morgan fingerprint density at radius 2 is 1.76 bits per heavy atom. The number of carbonyl (C=O) groups excluding carboxylic acids is 1. The SMILES string of the molecule is CCCCc1cccc(Cn2cc(CC(O)COC(=O)c3ccccc3)c3ccccc32)n1. The van der Waals surface area contributed by atoms with Crippen molar-refractivity contribution in [2.24, 2.45) is 0 Å². The van der Waals surface area contributed by atoms with Crippen LogP contribution in [0.15, 0.2) is 79.0 Å². The maximum atomic E-state index is 12.2. The van der Waals surface area contributed by atoms with Gasteiger partial charge in [0.1, 0.15) is 6.61 Å². The van der Waals surface area contributed by atoms with Crippen molar-refractivity contribution in [2.45, 2.75) is 45.3 Å². The first-order chi connectivity index (χ1) is 16.1. The normalized spacial score (nSPS) is 12.1. The predicted molar refractivity (Wildman–Crippen MR) is 130 cm³/mol. The first kappa shape index (κ1) is 22.7. The van der Waals surface area contributed by atoms with Gasteiger partial charge in [0, 0.05) is 29.2 Å². The summed E-state index contributed by atoms with van der Waals surface area (Å²) in [4.78, 5) is 17.0. The number of carbonyl (C=O) groups is 1. The van der Waals surface area contributed by atoms with E-state index in [-0.39, 0.29) is 6.61 Å². The fourth-order valence-corrected chi connectivity index (χ4v) is 4.05. The molecular formula is C28H30N2O3. The van der Waals surface area contributed by atoms with Gasteiger partial charge in [-0.1, -0.05) is 55.8 Å². The number of pyridine rings is 1. The second-order valence-corrected chi connectivity index (χ2v) is 8.35. The number of para-hydroxylation sites is 1. The molecule has 0 saturated heterocycles. The van der Waals surface area contributed by atoms with Gasteiger partial charge in [0.2, 0.25) is 0 Å². The summed E-state index contributed by atoms with van der Waals surface area (Å²) < 4.78 is 7.50. The number of rotatable bonds is 10. The fraction of sp³-hybridized carbons (Fsp3) is 0.286. The van der Waals surface area contributed by atoms with Crippen molar-refractivity contribution in [1.29, 1.82) is 0 Å². The van der Waals surface area contributed by atoms with Crippen molar-refractivity contribution < 1.29 is 14.6 Å². The zero-order valence-electron chi connectivity index (χ0n) is 19.0. The summed E-state index contributed by atoms with van der Waals surface area (Å²) in [5.74, 6) is -0.425. The third-order valence-electron chi connectivity index (χ3n) is 5.73. The quantitative estimate of drug-likeness (QED) is 0.343. The first-order valence-electron chi connectivity index (χ1n) is 11.6. The molecule has 0 aliphatic rings. The zero-order chi connectivity index (χ0) is 23.0. The molecule has 4 aromatic rings. The smallest absolute Gasteiger partial charge is 0.338 e. The van der Waals surface area contributed by atoms with Crippen LogP contribution in [0.5, 0.6) is 0 Å². The Morgan fingerprint density at radius 1 is 1.00 bits per heavy atom. The molecule has 0 amide bonds. The highest BCUT2D eigenvalue weighted by atomic mass is 16.5. The Bertz CT molecular complexity index is 1200. The standard InChI is InChI=1S/C28H30N2O3/c1-2-3-12-23-13-9-14-24(29-23)19-30-18-22(26-15-7-8-16-27(26)30)17-25(31)20-33-28(32)21-10-5-4-6-11-21/h4-11,13-16,18,25,31H,2-3,12,17,19-20H2,1H3. The summed E-state index contributed by atoms with van der Waals surface area (Å²) in [7, 11) is 0. The molecule has 2 aromatic carbocycles.